The first-order valence-corrected chi connectivity index (χ1v) is 10.5. The summed E-state index contributed by atoms with van der Waals surface area (Å²) in [6.45, 7) is 8.71. The first-order valence-electron chi connectivity index (χ1n) is 10.5. The highest BCUT2D eigenvalue weighted by Crippen LogP contribution is 2.20. The summed E-state index contributed by atoms with van der Waals surface area (Å²) in [5, 5.41) is 0. The van der Waals surface area contributed by atoms with Gasteiger partial charge in [0.2, 0.25) is 5.91 Å². The van der Waals surface area contributed by atoms with Gasteiger partial charge in [-0.25, -0.2) is 4.39 Å². The molecule has 0 aromatic heterocycles. The lowest BCUT2D eigenvalue weighted by Crippen LogP contribution is -2.57. The molecule has 2 aromatic carbocycles. The Bertz CT molecular complexity index is 797. The Morgan fingerprint density at radius 1 is 0.759 bits per heavy atom. The minimum Gasteiger partial charge on any atom is -0.369 e. The third-order valence-electron chi connectivity index (χ3n) is 6.12. The minimum absolute atomic E-state index is 0.103. The number of hydrogen-bond acceptors (Lipinski definition) is 4. The summed E-state index contributed by atoms with van der Waals surface area (Å²) in [4.78, 5) is 21.9. The molecule has 1 amide bonds. The lowest BCUT2D eigenvalue weighted by Gasteiger charge is -2.42. The van der Waals surface area contributed by atoms with Crippen LogP contribution in [0.5, 0.6) is 0 Å². The quantitative estimate of drug-likeness (QED) is 0.795. The van der Waals surface area contributed by atoms with Crippen LogP contribution in [0, 0.1) is 5.82 Å². The van der Waals surface area contributed by atoms with E-state index in [0.717, 1.165) is 58.0 Å². The van der Waals surface area contributed by atoms with Gasteiger partial charge in [-0.3, -0.25) is 9.69 Å². The number of rotatable bonds is 4. The predicted molar refractivity (Wildman–Crippen MR) is 115 cm³/mol. The highest BCUT2D eigenvalue weighted by atomic mass is 19.1. The van der Waals surface area contributed by atoms with E-state index in [1.807, 2.05) is 30.0 Å². The van der Waals surface area contributed by atoms with Crippen LogP contribution in [0.25, 0.3) is 0 Å². The molecule has 4 rings (SSSR count). The van der Waals surface area contributed by atoms with Crippen LogP contribution in [0.3, 0.4) is 0 Å². The highest BCUT2D eigenvalue weighted by molar-refractivity contribution is 5.81. The molecule has 2 aliphatic heterocycles. The van der Waals surface area contributed by atoms with Crippen LogP contribution < -0.4 is 9.80 Å². The molecule has 0 bridgehead atoms. The lowest BCUT2D eigenvalue weighted by molar-refractivity contribution is -0.136. The van der Waals surface area contributed by atoms with Gasteiger partial charge >= 0.3 is 0 Å². The fourth-order valence-electron chi connectivity index (χ4n) is 4.26. The van der Waals surface area contributed by atoms with Crippen LogP contribution in [-0.4, -0.2) is 74.1 Å². The Hall–Kier alpha value is -2.60. The van der Waals surface area contributed by atoms with Gasteiger partial charge in [-0.1, -0.05) is 18.2 Å². The zero-order chi connectivity index (χ0) is 20.2. The number of hydrogen-bond donors (Lipinski definition) is 0. The Morgan fingerprint density at radius 2 is 1.28 bits per heavy atom. The second kappa shape index (κ2) is 8.82. The Kier molecular flexibility index (Phi) is 6.00. The Labute approximate surface area is 172 Å². The van der Waals surface area contributed by atoms with E-state index >= 15 is 0 Å². The molecule has 0 aliphatic carbocycles. The molecular weight excluding hydrogens is 367 g/mol. The van der Waals surface area contributed by atoms with E-state index in [2.05, 4.69) is 39.0 Å². The second-order valence-corrected chi connectivity index (χ2v) is 7.82. The second-order valence-electron chi connectivity index (χ2n) is 7.82. The zero-order valence-electron chi connectivity index (χ0n) is 17.0. The van der Waals surface area contributed by atoms with Gasteiger partial charge < -0.3 is 14.7 Å². The zero-order valence-corrected chi connectivity index (χ0v) is 17.0. The molecule has 29 heavy (non-hydrogen) atoms. The van der Waals surface area contributed by atoms with Gasteiger partial charge in [0.05, 0.1) is 6.04 Å². The first-order chi connectivity index (χ1) is 14.1. The summed E-state index contributed by atoms with van der Waals surface area (Å²) >= 11 is 0. The number of halogens is 1. The van der Waals surface area contributed by atoms with Gasteiger partial charge in [0.1, 0.15) is 5.82 Å². The maximum Gasteiger partial charge on any atom is 0.239 e. The number of carbonyl (C=O) groups is 1. The SMILES string of the molecule is C[C@@H](C(=O)N1CCN(c2ccccc2)CC1)N1CCN(c2ccc(F)cc2)CC1. The Balaban J connectivity index is 1.27. The van der Waals surface area contributed by atoms with Crippen molar-refractivity contribution in [1.82, 2.24) is 9.80 Å². The van der Waals surface area contributed by atoms with Crippen molar-refractivity contribution in [2.45, 2.75) is 13.0 Å². The van der Waals surface area contributed by atoms with Gasteiger partial charge in [0.25, 0.3) is 0 Å². The van der Waals surface area contributed by atoms with Crippen molar-refractivity contribution in [3.8, 4) is 0 Å². The molecule has 0 spiro atoms. The number of anilines is 2. The van der Waals surface area contributed by atoms with Crippen LogP contribution in [0.4, 0.5) is 15.8 Å². The fourth-order valence-corrected chi connectivity index (χ4v) is 4.26. The monoisotopic (exact) mass is 396 g/mol. The molecule has 2 saturated heterocycles. The highest BCUT2D eigenvalue weighted by Gasteiger charge is 2.30. The average molecular weight is 397 g/mol. The molecule has 2 heterocycles. The Morgan fingerprint density at radius 3 is 1.86 bits per heavy atom. The van der Waals surface area contributed by atoms with Gasteiger partial charge in [0.15, 0.2) is 0 Å². The van der Waals surface area contributed by atoms with Crippen LogP contribution in [0.2, 0.25) is 0 Å². The molecule has 154 valence electrons. The topological polar surface area (TPSA) is 30.0 Å². The van der Waals surface area contributed by atoms with E-state index in [0.29, 0.717) is 0 Å². The molecule has 0 radical (unpaired) electrons. The number of para-hydroxylation sites is 1. The van der Waals surface area contributed by atoms with Crippen molar-refractivity contribution in [3.63, 3.8) is 0 Å². The van der Waals surface area contributed by atoms with Crippen molar-refractivity contribution in [2.75, 3.05) is 62.2 Å². The number of carbonyl (C=O) groups excluding carboxylic acids is 1. The molecule has 0 saturated carbocycles. The van der Waals surface area contributed by atoms with Crippen molar-refractivity contribution in [1.29, 1.82) is 0 Å². The average Bonchev–Trinajstić information content (AvgIpc) is 2.79. The molecule has 1 atom stereocenters. The summed E-state index contributed by atoms with van der Waals surface area (Å²) in [6.07, 6.45) is 0. The van der Waals surface area contributed by atoms with E-state index in [9.17, 15) is 9.18 Å². The maximum atomic E-state index is 13.1. The van der Waals surface area contributed by atoms with Crippen molar-refractivity contribution in [3.05, 3.63) is 60.4 Å². The molecule has 2 fully saturated rings. The van der Waals surface area contributed by atoms with Gasteiger partial charge in [-0.05, 0) is 43.3 Å². The fraction of sp³-hybridized carbons (Fsp3) is 0.435. The van der Waals surface area contributed by atoms with Crippen LogP contribution in [0.1, 0.15) is 6.92 Å². The van der Waals surface area contributed by atoms with E-state index in [4.69, 9.17) is 0 Å². The molecule has 2 aliphatic rings. The standard InChI is InChI=1S/C23H29FN4O/c1-19(25-11-13-27(14-12-25)22-9-7-20(24)8-10-22)23(29)28-17-15-26(16-18-28)21-5-3-2-4-6-21/h2-10,19H,11-18H2,1H3/t19-/m0/s1. The first kappa shape index (κ1) is 19.7. The van der Waals surface area contributed by atoms with E-state index in [-0.39, 0.29) is 17.8 Å². The lowest BCUT2D eigenvalue weighted by atomic mass is 10.1. The van der Waals surface area contributed by atoms with E-state index in [1.54, 1.807) is 0 Å². The molecule has 5 nitrogen and oxygen atoms in total. The third-order valence-corrected chi connectivity index (χ3v) is 6.12. The van der Waals surface area contributed by atoms with Crippen molar-refractivity contribution < 1.29 is 9.18 Å². The van der Waals surface area contributed by atoms with Crippen LogP contribution >= 0.6 is 0 Å². The number of benzene rings is 2. The minimum atomic E-state index is -0.209. The summed E-state index contributed by atoms with van der Waals surface area (Å²) in [6, 6.07) is 16.9. The van der Waals surface area contributed by atoms with Gasteiger partial charge in [-0.2, -0.15) is 0 Å². The summed E-state index contributed by atoms with van der Waals surface area (Å²) in [5.74, 6) is 0.0203. The third kappa shape index (κ3) is 4.53. The van der Waals surface area contributed by atoms with Crippen molar-refractivity contribution >= 4 is 17.3 Å². The smallest absolute Gasteiger partial charge is 0.239 e. The van der Waals surface area contributed by atoms with E-state index in [1.165, 1.54) is 17.8 Å². The molecule has 2 aromatic rings. The van der Waals surface area contributed by atoms with Gasteiger partial charge in [-0.15, -0.1) is 0 Å². The number of amides is 1. The van der Waals surface area contributed by atoms with Crippen LogP contribution in [0.15, 0.2) is 54.6 Å². The molecule has 6 heteroatoms. The number of piperazine rings is 2. The van der Waals surface area contributed by atoms with Gasteiger partial charge in [0, 0.05) is 63.7 Å². The largest absolute Gasteiger partial charge is 0.369 e. The molecule has 0 N–H and O–H groups in total. The summed E-state index contributed by atoms with van der Waals surface area (Å²) < 4.78 is 13.1. The van der Waals surface area contributed by atoms with E-state index < -0.39 is 0 Å². The normalized spacial score (nSPS) is 19.3. The van der Waals surface area contributed by atoms with Crippen LogP contribution in [-0.2, 0) is 4.79 Å². The predicted octanol–water partition coefficient (Wildman–Crippen LogP) is 2.69. The van der Waals surface area contributed by atoms with Crippen molar-refractivity contribution in [2.24, 2.45) is 0 Å². The number of nitrogens with zero attached hydrogens (tertiary/aromatic N) is 4. The maximum absolute atomic E-state index is 13.1. The summed E-state index contributed by atoms with van der Waals surface area (Å²) in [7, 11) is 0. The molecule has 0 unspecified atom stereocenters. The molecular formula is C23H29FN4O. The summed E-state index contributed by atoms with van der Waals surface area (Å²) in [5.41, 5.74) is 2.27.